The molecule has 0 radical (unpaired) electrons. The standard InChI is InChI=1S/C27H25N3O8S/c1-14(2)13-38-19-11-7-17(8-12-19)22(31)20-21(16-5-9-18(10-6-16)30(35)36)29(25(33)23(20)32)27-28-15(3)24(39-27)26(34)37-4/h5-12,14,21,31H,13H2,1-4H3/b22-20+. The summed E-state index contributed by atoms with van der Waals surface area (Å²) >= 11 is 0.859. The van der Waals surface area contributed by atoms with Gasteiger partial charge in [-0.1, -0.05) is 25.2 Å². The third kappa shape index (κ3) is 5.36. The number of esters is 1. The first kappa shape index (κ1) is 27.5. The number of hydrogen-bond acceptors (Lipinski definition) is 10. The van der Waals surface area contributed by atoms with Gasteiger partial charge in [0.05, 0.1) is 35.9 Å². The summed E-state index contributed by atoms with van der Waals surface area (Å²) in [4.78, 5) is 55.0. The Bertz CT molecular complexity index is 1480. The Morgan fingerprint density at radius 1 is 1.15 bits per heavy atom. The molecular weight excluding hydrogens is 526 g/mol. The van der Waals surface area contributed by atoms with Crippen LogP contribution in [0.1, 0.15) is 46.4 Å². The molecule has 1 amide bonds. The number of carbonyl (C=O) groups excluding carboxylic acids is 3. The summed E-state index contributed by atoms with van der Waals surface area (Å²) in [5.74, 6) is -2.15. The predicted octanol–water partition coefficient (Wildman–Crippen LogP) is 4.81. The van der Waals surface area contributed by atoms with Crippen LogP contribution in [0, 0.1) is 23.0 Å². The molecule has 0 bridgehead atoms. The Hall–Kier alpha value is -4.58. The SMILES string of the molecule is COC(=O)c1sc(N2C(=O)C(=O)/C(=C(/O)c3ccc(OCC(C)C)cc3)C2c2ccc([N+](=O)[O-])cc2)nc1C. The monoisotopic (exact) mass is 551 g/mol. The highest BCUT2D eigenvalue weighted by Gasteiger charge is 2.48. The van der Waals surface area contributed by atoms with Gasteiger partial charge in [0.15, 0.2) is 5.13 Å². The average Bonchev–Trinajstić information content (AvgIpc) is 3.43. The maximum atomic E-state index is 13.3. The summed E-state index contributed by atoms with van der Waals surface area (Å²) in [6.07, 6.45) is 0. The van der Waals surface area contributed by atoms with Gasteiger partial charge in [-0.15, -0.1) is 0 Å². The van der Waals surface area contributed by atoms with Crippen molar-refractivity contribution in [3.8, 4) is 5.75 Å². The number of hydrogen-bond donors (Lipinski definition) is 1. The Balaban J connectivity index is 1.85. The van der Waals surface area contributed by atoms with E-state index in [1.807, 2.05) is 13.8 Å². The fourth-order valence-corrected chi connectivity index (χ4v) is 5.03. The summed E-state index contributed by atoms with van der Waals surface area (Å²) in [6, 6.07) is 10.5. The summed E-state index contributed by atoms with van der Waals surface area (Å²) in [5.41, 5.74) is 0.471. The Kier molecular flexibility index (Phi) is 7.77. The van der Waals surface area contributed by atoms with Gasteiger partial charge < -0.3 is 14.6 Å². The van der Waals surface area contributed by atoms with Gasteiger partial charge in [-0.05, 0) is 54.8 Å². The van der Waals surface area contributed by atoms with Crippen molar-refractivity contribution in [1.82, 2.24) is 4.98 Å². The largest absolute Gasteiger partial charge is 0.507 e. The van der Waals surface area contributed by atoms with Gasteiger partial charge in [0, 0.05) is 17.7 Å². The van der Waals surface area contributed by atoms with Crippen molar-refractivity contribution in [1.29, 1.82) is 0 Å². The number of aromatic nitrogens is 1. The van der Waals surface area contributed by atoms with Gasteiger partial charge in [-0.3, -0.25) is 24.6 Å². The molecule has 1 aliphatic heterocycles. The van der Waals surface area contributed by atoms with E-state index in [1.54, 1.807) is 31.2 Å². The summed E-state index contributed by atoms with van der Waals surface area (Å²) in [7, 11) is 1.21. The molecule has 2 aromatic carbocycles. The molecule has 12 heteroatoms. The number of ether oxygens (including phenoxy) is 2. The molecule has 2 heterocycles. The number of benzene rings is 2. The first-order valence-electron chi connectivity index (χ1n) is 11.9. The Morgan fingerprint density at radius 3 is 2.36 bits per heavy atom. The zero-order valence-corrected chi connectivity index (χ0v) is 22.4. The molecule has 0 saturated carbocycles. The number of non-ortho nitro benzene ring substituents is 1. The fraction of sp³-hybridized carbons (Fsp3) is 0.259. The lowest BCUT2D eigenvalue weighted by Crippen LogP contribution is -2.29. The normalized spacial score (nSPS) is 16.5. The number of Topliss-reactive ketones (excluding diaryl/α,β-unsaturated/α-hetero) is 1. The summed E-state index contributed by atoms with van der Waals surface area (Å²) in [5, 5.41) is 22.5. The third-order valence-electron chi connectivity index (χ3n) is 5.94. The molecule has 0 spiro atoms. The van der Waals surface area contributed by atoms with Gasteiger partial charge in [0.2, 0.25) is 0 Å². The van der Waals surface area contributed by atoms with Crippen molar-refractivity contribution in [2.75, 3.05) is 18.6 Å². The number of nitrogens with zero attached hydrogens (tertiary/aromatic N) is 3. The van der Waals surface area contributed by atoms with Crippen LogP contribution in [-0.4, -0.2) is 46.4 Å². The molecule has 39 heavy (non-hydrogen) atoms. The van der Waals surface area contributed by atoms with Gasteiger partial charge in [0.1, 0.15) is 16.4 Å². The minimum Gasteiger partial charge on any atom is -0.507 e. The van der Waals surface area contributed by atoms with Crippen LogP contribution in [0.2, 0.25) is 0 Å². The van der Waals surface area contributed by atoms with Crippen LogP contribution in [0.3, 0.4) is 0 Å². The number of rotatable bonds is 8. The Morgan fingerprint density at radius 2 is 1.79 bits per heavy atom. The van der Waals surface area contributed by atoms with E-state index in [2.05, 4.69) is 4.98 Å². The number of aliphatic hydroxyl groups excluding tert-OH is 1. The molecule has 0 aliphatic carbocycles. The predicted molar refractivity (Wildman–Crippen MR) is 143 cm³/mol. The number of amides is 1. The lowest BCUT2D eigenvalue weighted by molar-refractivity contribution is -0.384. The van der Waals surface area contributed by atoms with Crippen molar-refractivity contribution in [3.05, 3.63) is 85.9 Å². The van der Waals surface area contributed by atoms with Crippen LogP contribution in [0.4, 0.5) is 10.8 Å². The van der Waals surface area contributed by atoms with E-state index in [4.69, 9.17) is 9.47 Å². The van der Waals surface area contributed by atoms with Crippen LogP contribution in [0.5, 0.6) is 5.75 Å². The molecule has 11 nitrogen and oxygen atoms in total. The molecule has 1 unspecified atom stereocenters. The first-order valence-corrected chi connectivity index (χ1v) is 12.7. The fourth-order valence-electron chi connectivity index (χ4n) is 4.02. The van der Waals surface area contributed by atoms with E-state index in [1.165, 1.54) is 31.4 Å². The maximum Gasteiger partial charge on any atom is 0.350 e. The lowest BCUT2D eigenvalue weighted by Gasteiger charge is -2.23. The van der Waals surface area contributed by atoms with Gasteiger partial charge >= 0.3 is 11.9 Å². The smallest absolute Gasteiger partial charge is 0.350 e. The van der Waals surface area contributed by atoms with E-state index in [9.17, 15) is 29.6 Å². The maximum absolute atomic E-state index is 13.3. The number of nitro benzene ring substituents is 1. The molecule has 1 atom stereocenters. The number of methoxy groups -OCH3 is 1. The minimum atomic E-state index is -1.17. The van der Waals surface area contributed by atoms with Crippen molar-refractivity contribution in [2.45, 2.75) is 26.8 Å². The number of nitro groups is 1. The Labute approximate surface area is 227 Å². The molecule has 1 N–H and O–H groups in total. The van der Waals surface area contributed by atoms with Crippen molar-refractivity contribution < 1.29 is 33.9 Å². The highest BCUT2D eigenvalue weighted by Crippen LogP contribution is 2.44. The molecular formula is C27H25N3O8S. The summed E-state index contributed by atoms with van der Waals surface area (Å²) < 4.78 is 10.5. The molecule has 4 rings (SSSR count). The number of ketones is 1. The molecule has 1 fully saturated rings. The van der Waals surface area contributed by atoms with Gasteiger partial charge in [-0.25, -0.2) is 9.78 Å². The molecule has 202 valence electrons. The van der Waals surface area contributed by atoms with Gasteiger partial charge in [0.25, 0.3) is 11.5 Å². The molecule has 1 aliphatic rings. The van der Waals surface area contributed by atoms with E-state index >= 15 is 0 Å². The first-order chi connectivity index (χ1) is 18.5. The lowest BCUT2D eigenvalue weighted by atomic mass is 9.95. The minimum absolute atomic E-state index is 0.0369. The van der Waals surface area contributed by atoms with Crippen LogP contribution in [-0.2, 0) is 14.3 Å². The van der Waals surface area contributed by atoms with Gasteiger partial charge in [-0.2, -0.15) is 0 Å². The third-order valence-corrected chi connectivity index (χ3v) is 7.07. The number of aryl methyl sites for hydroxylation is 1. The quantitative estimate of drug-likeness (QED) is 0.104. The second kappa shape index (κ2) is 11.0. The van der Waals surface area contributed by atoms with Crippen LogP contribution in [0.25, 0.3) is 5.76 Å². The van der Waals surface area contributed by atoms with Crippen LogP contribution < -0.4 is 9.64 Å². The van der Waals surface area contributed by atoms with E-state index in [0.29, 0.717) is 29.5 Å². The van der Waals surface area contributed by atoms with Crippen molar-refractivity contribution >= 4 is 45.6 Å². The van der Waals surface area contributed by atoms with Crippen molar-refractivity contribution in [3.63, 3.8) is 0 Å². The highest BCUT2D eigenvalue weighted by molar-refractivity contribution is 7.17. The topological polar surface area (TPSA) is 149 Å². The van der Waals surface area contributed by atoms with E-state index in [-0.39, 0.29) is 26.8 Å². The van der Waals surface area contributed by atoms with Crippen LogP contribution in [0.15, 0.2) is 54.1 Å². The number of anilines is 1. The zero-order chi connectivity index (χ0) is 28.4. The van der Waals surface area contributed by atoms with Crippen molar-refractivity contribution in [2.24, 2.45) is 5.92 Å². The number of carbonyl (C=O) groups is 3. The second-order valence-corrected chi connectivity index (χ2v) is 10.1. The molecule has 1 saturated heterocycles. The van der Waals surface area contributed by atoms with Crippen LogP contribution >= 0.6 is 11.3 Å². The molecule has 1 aromatic heterocycles. The second-order valence-electron chi connectivity index (χ2n) is 9.15. The van der Waals surface area contributed by atoms with E-state index in [0.717, 1.165) is 16.2 Å². The van der Waals surface area contributed by atoms with E-state index < -0.39 is 34.4 Å². The average molecular weight is 552 g/mol. The number of thiazole rings is 1. The zero-order valence-electron chi connectivity index (χ0n) is 21.5. The number of aliphatic hydroxyl groups is 1. The summed E-state index contributed by atoms with van der Waals surface area (Å²) in [6.45, 7) is 6.08. The molecule has 3 aromatic rings. The highest BCUT2D eigenvalue weighted by atomic mass is 32.1.